The van der Waals surface area contributed by atoms with Crippen molar-refractivity contribution in [2.45, 2.75) is 26.2 Å². The van der Waals surface area contributed by atoms with E-state index in [0.29, 0.717) is 5.70 Å². The van der Waals surface area contributed by atoms with Gasteiger partial charge in [-0.05, 0) is 48.4 Å². The van der Waals surface area contributed by atoms with Gasteiger partial charge in [-0.25, -0.2) is 14.8 Å². The molecule has 0 bridgehead atoms. The van der Waals surface area contributed by atoms with Crippen LogP contribution in [0, 0.1) is 0 Å². The summed E-state index contributed by atoms with van der Waals surface area (Å²) >= 11 is 0. The summed E-state index contributed by atoms with van der Waals surface area (Å²) in [7, 11) is 1.35. The van der Waals surface area contributed by atoms with Gasteiger partial charge in [0.05, 0.1) is 24.2 Å². The highest BCUT2D eigenvalue weighted by Crippen LogP contribution is 2.51. The van der Waals surface area contributed by atoms with E-state index in [0.717, 1.165) is 22.8 Å². The predicted octanol–water partition coefficient (Wildman–Crippen LogP) is 6.35. The highest BCUT2D eigenvalue weighted by atomic mass is 16.5. The van der Waals surface area contributed by atoms with E-state index in [2.05, 4.69) is 65.6 Å². The maximum absolute atomic E-state index is 12.0. The zero-order valence-corrected chi connectivity index (χ0v) is 19.4. The molecule has 0 spiro atoms. The number of aliphatic imine (C=N–C) groups is 1. The second kappa shape index (κ2) is 8.87. The normalized spacial score (nSPS) is 14.8. The number of aromatic nitrogens is 1. The van der Waals surface area contributed by atoms with Gasteiger partial charge in [-0.2, -0.15) is 0 Å². The number of fused-ring (bicyclic) bond motifs is 2. The molecule has 0 radical (unpaired) electrons. The number of para-hydroxylation sites is 1. The summed E-state index contributed by atoms with van der Waals surface area (Å²) in [6.45, 7) is 9.93. The Morgan fingerprint density at radius 3 is 2.48 bits per heavy atom. The molecule has 0 unspecified atom stereocenters. The van der Waals surface area contributed by atoms with Crippen LogP contribution < -0.4 is 4.90 Å². The van der Waals surface area contributed by atoms with Crippen molar-refractivity contribution >= 4 is 34.6 Å². The second-order valence-electron chi connectivity index (χ2n) is 8.37. The molecule has 166 valence electrons. The fourth-order valence-electron chi connectivity index (χ4n) is 4.29. The van der Waals surface area contributed by atoms with Crippen LogP contribution in [0.4, 0.5) is 17.2 Å². The van der Waals surface area contributed by atoms with Crippen LogP contribution >= 0.6 is 0 Å². The molecule has 1 aliphatic rings. The van der Waals surface area contributed by atoms with Gasteiger partial charge in [0.1, 0.15) is 11.5 Å². The van der Waals surface area contributed by atoms with Crippen molar-refractivity contribution in [2.24, 2.45) is 4.99 Å². The van der Waals surface area contributed by atoms with Crippen molar-refractivity contribution < 1.29 is 9.53 Å². The van der Waals surface area contributed by atoms with Gasteiger partial charge in [-0.3, -0.25) is 4.90 Å². The molecule has 1 aliphatic heterocycles. The van der Waals surface area contributed by atoms with Gasteiger partial charge in [-0.15, -0.1) is 0 Å². The molecular weight excluding hydrogens is 410 g/mol. The first-order valence-electron chi connectivity index (χ1n) is 10.8. The van der Waals surface area contributed by atoms with Gasteiger partial charge >= 0.3 is 5.97 Å². The lowest BCUT2D eigenvalue weighted by Crippen LogP contribution is -2.31. The van der Waals surface area contributed by atoms with Gasteiger partial charge < -0.3 is 4.74 Å². The fraction of sp³-hybridized carbons (Fsp3) is 0.179. The van der Waals surface area contributed by atoms with Crippen molar-refractivity contribution in [3.05, 3.63) is 102 Å². The van der Waals surface area contributed by atoms with Crippen LogP contribution in [0.15, 0.2) is 90.6 Å². The standard InChI is InChI=1S/C28H27N3O2/c1-6-11-23(30-19(2)27(32)33-5)20-15-16-22-25(18-20)31(26-14-9-10-17-29-26)24-13-8-7-12-21(24)28(22,3)4/h6-18H,1H2,2-5H3/b23-11-,30-19?. The smallest absolute Gasteiger partial charge is 0.352 e. The summed E-state index contributed by atoms with van der Waals surface area (Å²) in [5.74, 6) is 0.371. The summed E-state index contributed by atoms with van der Waals surface area (Å²) in [6.07, 6.45) is 5.26. The Kier molecular flexibility index (Phi) is 5.97. The molecule has 5 nitrogen and oxygen atoms in total. The van der Waals surface area contributed by atoms with E-state index in [9.17, 15) is 4.79 Å². The number of rotatable bonds is 5. The Labute approximate surface area is 194 Å². The zero-order chi connectivity index (χ0) is 23.6. The number of benzene rings is 2. The highest BCUT2D eigenvalue weighted by Gasteiger charge is 2.37. The molecule has 0 saturated carbocycles. The number of ether oxygens (including phenoxy) is 1. The monoisotopic (exact) mass is 437 g/mol. The van der Waals surface area contributed by atoms with Crippen molar-refractivity contribution in [1.82, 2.24) is 4.98 Å². The molecule has 0 atom stereocenters. The number of anilines is 3. The molecule has 2 aromatic carbocycles. The second-order valence-corrected chi connectivity index (χ2v) is 8.37. The van der Waals surface area contributed by atoms with Crippen LogP contribution in [0.2, 0.25) is 0 Å². The SMILES string of the molecule is C=C/C=C(\N=C(C)C(=O)OC)c1ccc2c(c1)N(c1ccccn1)c1ccccc1C2(C)C. The predicted molar refractivity (Wildman–Crippen MR) is 134 cm³/mol. The van der Waals surface area contributed by atoms with Crippen molar-refractivity contribution in [2.75, 3.05) is 12.0 Å². The number of hydrogen-bond acceptors (Lipinski definition) is 5. The summed E-state index contributed by atoms with van der Waals surface area (Å²) in [5, 5.41) is 0. The Morgan fingerprint density at radius 1 is 1.06 bits per heavy atom. The minimum atomic E-state index is -0.465. The van der Waals surface area contributed by atoms with Crippen LogP contribution in [0.5, 0.6) is 0 Å². The van der Waals surface area contributed by atoms with Crippen molar-refractivity contribution in [3.8, 4) is 0 Å². The number of carbonyl (C=O) groups is 1. The molecule has 0 fully saturated rings. The Hall–Kier alpha value is -3.99. The van der Waals surface area contributed by atoms with Crippen molar-refractivity contribution in [1.29, 1.82) is 0 Å². The number of esters is 1. The maximum Gasteiger partial charge on any atom is 0.352 e. The van der Waals surface area contributed by atoms with Gasteiger partial charge in [-0.1, -0.05) is 62.9 Å². The third-order valence-electron chi connectivity index (χ3n) is 5.95. The average Bonchev–Trinajstić information content (AvgIpc) is 2.83. The van der Waals surface area contributed by atoms with Gasteiger partial charge in [0.2, 0.25) is 0 Å². The lowest BCUT2D eigenvalue weighted by molar-refractivity contribution is -0.132. The number of nitrogens with zero attached hydrogens (tertiary/aromatic N) is 3. The summed E-state index contributed by atoms with van der Waals surface area (Å²) in [5.41, 5.74) is 6.10. The van der Waals surface area contributed by atoms with E-state index in [1.165, 1.54) is 18.2 Å². The van der Waals surface area contributed by atoms with Crippen molar-refractivity contribution in [3.63, 3.8) is 0 Å². The van der Waals surface area contributed by atoms with E-state index in [1.54, 1.807) is 25.3 Å². The third kappa shape index (κ3) is 3.98. The van der Waals surface area contributed by atoms with E-state index >= 15 is 0 Å². The highest BCUT2D eigenvalue weighted by molar-refractivity contribution is 6.36. The van der Waals surface area contributed by atoms with E-state index in [1.807, 2.05) is 30.3 Å². The lowest BCUT2D eigenvalue weighted by Gasteiger charge is -2.41. The Bertz CT molecular complexity index is 1270. The van der Waals surface area contributed by atoms with Crippen LogP contribution in [0.3, 0.4) is 0 Å². The van der Waals surface area contributed by atoms with Gasteiger partial charge in [0, 0.05) is 17.2 Å². The first-order valence-corrected chi connectivity index (χ1v) is 10.8. The Morgan fingerprint density at radius 2 is 1.79 bits per heavy atom. The van der Waals surface area contributed by atoms with Gasteiger partial charge in [0.15, 0.2) is 0 Å². The molecule has 5 heteroatoms. The molecule has 0 N–H and O–H groups in total. The molecule has 3 aromatic rings. The number of hydrogen-bond donors (Lipinski definition) is 0. The molecule has 4 rings (SSSR count). The molecule has 0 aliphatic carbocycles. The van der Waals surface area contributed by atoms with Crippen LogP contribution in [0.1, 0.15) is 37.5 Å². The Balaban J connectivity index is 1.95. The molecule has 1 aromatic heterocycles. The zero-order valence-electron chi connectivity index (χ0n) is 19.4. The summed E-state index contributed by atoms with van der Waals surface area (Å²) in [4.78, 5) is 23.3. The number of carbonyl (C=O) groups excluding carboxylic acids is 1. The largest absolute Gasteiger partial charge is 0.465 e. The molecule has 0 saturated heterocycles. The first-order chi connectivity index (χ1) is 15.9. The summed E-state index contributed by atoms with van der Waals surface area (Å²) < 4.78 is 4.82. The first kappa shape index (κ1) is 22.2. The van der Waals surface area contributed by atoms with Crippen LogP contribution in [0.25, 0.3) is 5.70 Å². The quantitative estimate of drug-likeness (QED) is 0.265. The van der Waals surface area contributed by atoms with Gasteiger partial charge in [0.25, 0.3) is 0 Å². The third-order valence-corrected chi connectivity index (χ3v) is 5.95. The maximum atomic E-state index is 12.0. The molecule has 33 heavy (non-hydrogen) atoms. The average molecular weight is 438 g/mol. The van der Waals surface area contributed by atoms with E-state index < -0.39 is 5.97 Å². The number of methoxy groups -OCH3 is 1. The number of pyridine rings is 1. The molecule has 2 heterocycles. The minimum Gasteiger partial charge on any atom is -0.465 e. The molecule has 0 amide bonds. The van der Waals surface area contributed by atoms with E-state index in [4.69, 9.17) is 4.74 Å². The summed E-state index contributed by atoms with van der Waals surface area (Å²) in [6, 6.07) is 20.6. The fourth-order valence-corrected chi connectivity index (χ4v) is 4.29. The number of allylic oxidation sites excluding steroid dienone is 2. The van der Waals surface area contributed by atoms with E-state index in [-0.39, 0.29) is 11.1 Å². The molecular formula is C28H27N3O2. The van der Waals surface area contributed by atoms with Crippen LogP contribution in [-0.2, 0) is 14.9 Å². The topological polar surface area (TPSA) is 54.8 Å². The lowest BCUT2D eigenvalue weighted by atomic mass is 9.73. The van der Waals surface area contributed by atoms with Crippen LogP contribution in [-0.4, -0.2) is 23.8 Å². The minimum absolute atomic E-state index is 0.205.